The molecule has 1 aromatic carbocycles. The number of carbonyl (C=O) groups excluding carboxylic acids is 2. The van der Waals surface area contributed by atoms with E-state index in [1.54, 1.807) is 12.1 Å². The molecule has 2 aliphatic rings. The zero-order valence-electron chi connectivity index (χ0n) is 16.6. The highest BCUT2D eigenvalue weighted by Gasteiger charge is 2.45. The summed E-state index contributed by atoms with van der Waals surface area (Å²) in [6.07, 6.45) is 2.80. The lowest BCUT2D eigenvalue weighted by Crippen LogP contribution is -2.61. The standard InChI is InChI=1S/C21H25FN4O3/c1-12(2)9-10-26-20(27)16-8-5-14(11-17(16)23-21(26)28)19-24-18(25-29-19)13-3-6-15(22)7-4-13/h3-4,6-7,12,14,16-17H,5,8-11H2,1-2H3,(H,23,28). The molecule has 2 aromatic rings. The van der Waals surface area contributed by atoms with Crippen LogP contribution in [0.15, 0.2) is 28.8 Å². The first-order valence-electron chi connectivity index (χ1n) is 10.1. The number of nitrogens with one attached hydrogen (secondary N) is 1. The molecule has 1 saturated carbocycles. The molecule has 0 radical (unpaired) electrons. The molecule has 8 heteroatoms. The second-order valence-corrected chi connectivity index (χ2v) is 8.31. The quantitative estimate of drug-likeness (QED) is 0.826. The number of hydrogen-bond acceptors (Lipinski definition) is 5. The minimum Gasteiger partial charge on any atom is -0.339 e. The minimum atomic E-state index is -0.323. The van der Waals surface area contributed by atoms with Gasteiger partial charge in [-0.1, -0.05) is 19.0 Å². The van der Waals surface area contributed by atoms with Crippen LogP contribution in [0, 0.1) is 17.7 Å². The van der Waals surface area contributed by atoms with Crippen LogP contribution in [0.1, 0.15) is 51.3 Å². The number of urea groups is 1. The third-order valence-corrected chi connectivity index (χ3v) is 5.81. The van der Waals surface area contributed by atoms with Gasteiger partial charge in [0.2, 0.25) is 17.6 Å². The zero-order chi connectivity index (χ0) is 20.5. The molecule has 29 heavy (non-hydrogen) atoms. The summed E-state index contributed by atoms with van der Waals surface area (Å²) >= 11 is 0. The highest BCUT2D eigenvalue weighted by atomic mass is 19.1. The van der Waals surface area contributed by atoms with Crippen molar-refractivity contribution in [1.82, 2.24) is 20.4 Å². The van der Waals surface area contributed by atoms with Gasteiger partial charge in [-0.15, -0.1) is 0 Å². The number of nitrogens with zero attached hydrogens (tertiary/aromatic N) is 3. The Balaban J connectivity index is 1.44. The lowest BCUT2D eigenvalue weighted by molar-refractivity contribution is -0.136. The first kappa shape index (κ1) is 19.5. The fourth-order valence-corrected chi connectivity index (χ4v) is 4.10. The molecule has 3 amide bonds. The molecular formula is C21H25FN4O3. The number of aromatic nitrogens is 2. The van der Waals surface area contributed by atoms with Crippen LogP contribution in [-0.4, -0.2) is 39.6 Å². The molecular weight excluding hydrogens is 375 g/mol. The van der Waals surface area contributed by atoms with Gasteiger partial charge in [-0.2, -0.15) is 4.98 Å². The van der Waals surface area contributed by atoms with E-state index in [9.17, 15) is 14.0 Å². The van der Waals surface area contributed by atoms with Gasteiger partial charge in [0.1, 0.15) is 5.82 Å². The average Bonchev–Trinajstić information content (AvgIpc) is 3.18. The van der Waals surface area contributed by atoms with Gasteiger partial charge in [0.15, 0.2) is 0 Å². The Morgan fingerprint density at radius 2 is 2.00 bits per heavy atom. The van der Waals surface area contributed by atoms with E-state index < -0.39 is 0 Å². The van der Waals surface area contributed by atoms with Crippen molar-refractivity contribution in [2.24, 2.45) is 11.8 Å². The first-order valence-corrected chi connectivity index (χ1v) is 10.1. The number of imide groups is 1. The molecule has 1 aromatic heterocycles. The number of benzene rings is 1. The highest BCUT2D eigenvalue weighted by Crippen LogP contribution is 2.38. The summed E-state index contributed by atoms with van der Waals surface area (Å²) in [6, 6.07) is 5.38. The molecule has 1 saturated heterocycles. The van der Waals surface area contributed by atoms with Gasteiger partial charge in [0, 0.05) is 24.1 Å². The fraction of sp³-hybridized carbons (Fsp3) is 0.524. The molecule has 2 heterocycles. The van der Waals surface area contributed by atoms with Crippen molar-refractivity contribution >= 4 is 11.9 Å². The molecule has 4 rings (SSSR count). The van der Waals surface area contributed by atoms with Crippen LogP contribution in [0.5, 0.6) is 0 Å². The lowest BCUT2D eigenvalue weighted by Gasteiger charge is -2.41. The van der Waals surface area contributed by atoms with E-state index in [4.69, 9.17) is 4.52 Å². The predicted molar refractivity (Wildman–Crippen MR) is 103 cm³/mol. The molecule has 0 spiro atoms. The van der Waals surface area contributed by atoms with Gasteiger partial charge in [-0.25, -0.2) is 9.18 Å². The van der Waals surface area contributed by atoms with E-state index in [-0.39, 0.29) is 35.6 Å². The number of hydrogen-bond donors (Lipinski definition) is 1. The van der Waals surface area contributed by atoms with E-state index in [1.165, 1.54) is 17.0 Å². The molecule has 0 bridgehead atoms. The Morgan fingerprint density at radius 1 is 1.24 bits per heavy atom. The summed E-state index contributed by atoms with van der Waals surface area (Å²) in [6.45, 7) is 4.61. The zero-order valence-corrected chi connectivity index (χ0v) is 16.6. The fourth-order valence-electron chi connectivity index (χ4n) is 4.10. The van der Waals surface area contributed by atoms with Gasteiger partial charge < -0.3 is 9.84 Å². The number of rotatable bonds is 5. The predicted octanol–water partition coefficient (Wildman–Crippen LogP) is 3.73. The van der Waals surface area contributed by atoms with Crippen LogP contribution in [0.4, 0.5) is 9.18 Å². The van der Waals surface area contributed by atoms with Gasteiger partial charge in [-0.3, -0.25) is 9.69 Å². The van der Waals surface area contributed by atoms with E-state index in [0.717, 1.165) is 12.8 Å². The van der Waals surface area contributed by atoms with Gasteiger partial charge in [0.05, 0.1) is 5.92 Å². The second kappa shape index (κ2) is 7.93. The Bertz CT molecular complexity index is 896. The molecule has 1 N–H and O–H groups in total. The van der Waals surface area contributed by atoms with Gasteiger partial charge in [-0.05, 0) is 55.9 Å². The molecule has 2 fully saturated rings. The minimum absolute atomic E-state index is 0.0201. The summed E-state index contributed by atoms with van der Waals surface area (Å²) in [5.41, 5.74) is 0.678. The number of fused-ring (bicyclic) bond motifs is 1. The normalized spacial score (nSPS) is 24.6. The molecule has 154 valence electrons. The van der Waals surface area contributed by atoms with E-state index in [1.807, 2.05) is 0 Å². The third-order valence-electron chi connectivity index (χ3n) is 5.81. The lowest BCUT2D eigenvalue weighted by atomic mass is 9.76. The number of amides is 3. The number of halogens is 1. The molecule has 1 aliphatic heterocycles. The monoisotopic (exact) mass is 400 g/mol. The Hall–Kier alpha value is -2.77. The van der Waals surface area contributed by atoms with Crippen molar-refractivity contribution in [3.8, 4) is 11.4 Å². The topological polar surface area (TPSA) is 88.3 Å². The van der Waals surface area contributed by atoms with Crippen LogP contribution in [-0.2, 0) is 4.79 Å². The van der Waals surface area contributed by atoms with E-state index >= 15 is 0 Å². The summed E-state index contributed by atoms with van der Waals surface area (Å²) in [7, 11) is 0. The summed E-state index contributed by atoms with van der Waals surface area (Å²) in [5, 5.41) is 7.01. The maximum absolute atomic E-state index is 13.1. The maximum Gasteiger partial charge on any atom is 0.324 e. The van der Waals surface area contributed by atoms with Crippen LogP contribution in [0.25, 0.3) is 11.4 Å². The van der Waals surface area contributed by atoms with Crippen molar-refractivity contribution in [2.45, 2.75) is 51.5 Å². The molecule has 1 aliphatic carbocycles. The average molecular weight is 400 g/mol. The van der Waals surface area contributed by atoms with Crippen LogP contribution >= 0.6 is 0 Å². The molecule has 3 unspecified atom stereocenters. The van der Waals surface area contributed by atoms with E-state index in [2.05, 4.69) is 29.3 Å². The Labute approximate surface area is 168 Å². The van der Waals surface area contributed by atoms with E-state index in [0.29, 0.717) is 42.6 Å². The van der Waals surface area contributed by atoms with Crippen molar-refractivity contribution < 1.29 is 18.5 Å². The summed E-state index contributed by atoms with van der Waals surface area (Å²) in [4.78, 5) is 31.1. The van der Waals surface area contributed by atoms with Crippen molar-refractivity contribution in [2.75, 3.05) is 6.54 Å². The second-order valence-electron chi connectivity index (χ2n) is 8.31. The van der Waals surface area contributed by atoms with Crippen molar-refractivity contribution in [3.05, 3.63) is 36.0 Å². The largest absolute Gasteiger partial charge is 0.339 e. The SMILES string of the molecule is CC(C)CCN1C(=O)NC2CC(c3nc(-c4ccc(F)cc4)no3)CCC2C1=O. The Morgan fingerprint density at radius 3 is 2.72 bits per heavy atom. The smallest absolute Gasteiger partial charge is 0.324 e. The van der Waals surface area contributed by atoms with Crippen LogP contribution in [0.3, 0.4) is 0 Å². The first-order chi connectivity index (χ1) is 13.9. The maximum atomic E-state index is 13.1. The summed E-state index contributed by atoms with van der Waals surface area (Å²) in [5.74, 6) is 0.713. The highest BCUT2D eigenvalue weighted by molar-refractivity contribution is 5.98. The van der Waals surface area contributed by atoms with Gasteiger partial charge >= 0.3 is 6.03 Å². The number of carbonyl (C=O) groups is 2. The van der Waals surface area contributed by atoms with Crippen molar-refractivity contribution in [1.29, 1.82) is 0 Å². The third kappa shape index (κ3) is 4.02. The molecule has 3 atom stereocenters. The van der Waals surface area contributed by atoms with Gasteiger partial charge in [0.25, 0.3) is 0 Å². The van der Waals surface area contributed by atoms with Crippen LogP contribution in [0.2, 0.25) is 0 Å². The van der Waals surface area contributed by atoms with Crippen LogP contribution < -0.4 is 5.32 Å². The van der Waals surface area contributed by atoms with Crippen molar-refractivity contribution in [3.63, 3.8) is 0 Å². The summed E-state index contributed by atoms with van der Waals surface area (Å²) < 4.78 is 18.6. The Kier molecular flexibility index (Phi) is 5.34. The molecule has 7 nitrogen and oxygen atoms in total.